The topological polar surface area (TPSA) is 131 Å². The van der Waals surface area contributed by atoms with Gasteiger partial charge in [0.25, 0.3) is 0 Å². The largest absolute Gasteiger partial charge is 0.444 e. The maximum atomic E-state index is 13.6. The molecule has 0 radical (unpaired) electrons. The lowest BCUT2D eigenvalue weighted by Gasteiger charge is -2.34. The van der Waals surface area contributed by atoms with E-state index in [0.717, 1.165) is 24.2 Å². The fourth-order valence-electron chi connectivity index (χ4n) is 5.80. The van der Waals surface area contributed by atoms with E-state index >= 15 is 0 Å². The molecule has 4 rings (SSSR count). The number of benzene rings is 1. The molecule has 2 unspecified atom stereocenters. The van der Waals surface area contributed by atoms with Crippen molar-refractivity contribution in [1.82, 2.24) is 15.1 Å². The number of hydrogen-bond acceptors (Lipinski definition) is 6. The number of amides is 4. The number of nitrogens with zero attached hydrogens (tertiary/aromatic N) is 2. The van der Waals surface area contributed by atoms with Gasteiger partial charge in [-0.2, -0.15) is 0 Å². The summed E-state index contributed by atoms with van der Waals surface area (Å²) in [6.45, 7) is 5.20. The number of primary amides is 1. The van der Waals surface area contributed by atoms with Crippen LogP contribution in [0.25, 0.3) is 0 Å². The Bertz CT molecular complexity index is 1050. The van der Waals surface area contributed by atoms with Gasteiger partial charge in [0.1, 0.15) is 30.5 Å². The molecule has 2 saturated heterocycles. The highest BCUT2D eigenvalue weighted by atomic mass is 16.6. The molecule has 0 spiro atoms. The number of carbonyl (C=O) groups excluding carboxylic acids is 4. The molecule has 2 aliphatic heterocycles. The van der Waals surface area contributed by atoms with Gasteiger partial charge in [0.2, 0.25) is 17.7 Å². The van der Waals surface area contributed by atoms with Gasteiger partial charge < -0.3 is 30.3 Å². The molecule has 1 aromatic rings. The quantitative estimate of drug-likeness (QED) is 0.614. The highest BCUT2D eigenvalue weighted by Gasteiger charge is 2.52. The summed E-state index contributed by atoms with van der Waals surface area (Å²) in [7, 11) is 1.46. The molecule has 10 nitrogen and oxygen atoms in total. The second-order valence-corrected chi connectivity index (χ2v) is 11.3. The van der Waals surface area contributed by atoms with Gasteiger partial charge in [0.15, 0.2) is 0 Å². The van der Waals surface area contributed by atoms with Crippen molar-refractivity contribution in [1.29, 1.82) is 0 Å². The van der Waals surface area contributed by atoms with Crippen molar-refractivity contribution in [2.45, 2.75) is 76.8 Å². The van der Waals surface area contributed by atoms with Gasteiger partial charge >= 0.3 is 6.09 Å². The van der Waals surface area contributed by atoms with Gasteiger partial charge in [-0.1, -0.05) is 24.3 Å². The Labute approximate surface area is 217 Å². The molecular formula is C27H38N4O6. The Morgan fingerprint density at radius 3 is 2.57 bits per heavy atom. The molecule has 2 fully saturated rings. The average molecular weight is 515 g/mol. The van der Waals surface area contributed by atoms with Crippen LogP contribution in [-0.2, 0) is 36.7 Å². The predicted octanol–water partition coefficient (Wildman–Crippen LogP) is 1.59. The number of nitrogens with one attached hydrogen (secondary N) is 1. The zero-order valence-electron chi connectivity index (χ0n) is 22.1. The summed E-state index contributed by atoms with van der Waals surface area (Å²) < 4.78 is 11.3. The molecule has 0 aromatic heterocycles. The van der Waals surface area contributed by atoms with Crippen LogP contribution >= 0.6 is 0 Å². The molecule has 0 bridgehead atoms. The van der Waals surface area contributed by atoms with Crippen LogP contribution in [0.1, 0.15) is 51.2 Å². The van der Waals surface area contributed by atoms with Gasteiger partial charge in [-0.3, -0.25) is 14.4 Å². The van der Waals surface area contributed by atoms with Gasteiger partial charge in [0.05, 0.1) is 6.61 Å². The number of rotatable bonds is 5. The molecule has 2 heterocycles. The van der Waals surface area contributed by atoms with Crippen LogP contribution in [0.15, 0.2) is 24.3 Å². The van der Waals surface area contributed by atoms with Gasteiger partial charge in [-0.25, -0.2) is 4.79 Å². The minimum Gasteiger partial charge on any atom is -0.444 e. The molecule has 10 heteroatoms. The normalized spacial score (nSPS) is 27.5. The Morgan fingerprint density at radius 1 is 1.19 bits per heavy atom. The third-order valence-corrected chi connectivity index (χ3v) is 7.46. The third kappa shape index (κ3) is 6.06. The first kappa shape index (κ1) is 26.9. The standard InChI is InChI=1S/C27H38N4O6/c1-27(2,3)37-26(35)30(4)15-21(32)29-20-11-12-36-22-14-19(23(24(28)33)31(22)25(20)34)18-10-9-16-7-5-6-8-17(16)13-18/h5-8,18-20,22-23H,9-15H2,1-4H3,(H2,28,33)(H,29,32)/t18?,19?,20-,22-,23+/m0/s1. The first-order valence-corrected chi connectivity index (χ1v) is 13.0. The monoisotopic (exact) mass is 514 g/mol. The Hall–Kier alpha value is -3.14. The summed E-state index contributed by atoms with van der Waals surface area (Å²) in [6, 6.07) is 6.65. The Balaban J connectivity index is 1.44. The van der Waals surface area contributed by atoms with Crippen LogP contribution < -0.4 is 11.1 Å². The number of hydrogen-bond donors (Lipinski definition) is 2. The lowest BCUT2D eigenvalue weighted by molar-refractivity contribution is -0.148. The second-order valence-electron chi connectivity index (χ2n) is 11.3. The summed E-state index contributed by atoms with van der Waals surface area (Å²) in [4.78, 5) is 53.9. The first-order chi connectivity index (χ1) is 17.4. The molecule has 0 saturated carbocycles. The molecule has 4 amide bonds. The van der Waals surface area contributed by atoms with Crippen molar-refractivity contribution in [2.24, 2.45) is 17.6 Å². The first-order valence-electron chi connectivity index (χ1n) is 13.0. The molecular weight excluding hydrogens is 476 g/mol. The molecule has 202 valence electrons. The highest BCUT2D eigenvalue weighted by molar-refractivity contribution is 5.93. The maximum Gasteiger partial charge on any atom is 0.410 e. The van der Waals surface area contributed by atoms with E-state index in [-0.39, 0.29) is 37.3 Å². The van der Waals surface area contributed by atoms with Crippen LogP contribution in [0, 0.1) is 11.8 Å². The Kier molecular flexibility index (Phi) is 7.77. The van der Waals surface area contributed by atoms with E-state index in [1.54, 1.807) is 20.8 Å². The molecule has 37 heavy (non-hydrogen) atoms. The van der Waals surface area contributed by atoms with Crippen molar-refractivity contribution >= 4 is 23.8 Å². The minimum atomic E-state index is -0.878. The smallest absolute Gasteiger partial charge is 0.410 e. The molecule has 5 atom stereocenters. The number of carbonyl (C=O) groups is 4. The molecule has 3 N–H and O–H groups in total. The number of likely N-dealkylation sites (N-methyl/N-ethyl adjacent to an activating group) is 1. The van der Waals surface area contributed by atoms with Crippen LogP contribution in [0.4, 0.5) is 4.79 Å². The number of aryl methyl sites for hydroxylation is 1. The lowest BCUT2D eigenvalue weighted by Crippen LogP contribution is -2.56. The van der Waals surface area contributed by atoms with E-state index in [1.165, 1.54) is 23.1 Å². The minimum absolute atomic E-state index is 0.118. The maximum absolute atomic E-state index is 13.6. The fraction of sp³-hybridized carbons (Fsp3) is 0.630. The number of ether oxygens (including phenoxy) is 2. The summed E-state index contributed by atoms with van der Waals surface area (Å²) in [5.74, 6) is -1.35. The van der Waals surface area contributed by atoms with Crippen molar-refractivity contribution < 1.29 is 28.7 Å². The van der Waals surface area contributed by atoms with Gasteiger partial charge in [0, 0.05) is 13.5 Å². The van der Waals surface area contributed by atoms with E-state index in [9.17, 15) is 19.2 Å². The highest BCUT2D eigenvalue weighted by Crippen LogP contribution is 2.42. The van der Waals surface area contributed by atoms with Gasteiger partial charge in [-0.15, -0.1) is 0 Å². The fourth-order valence-corrected chi connectivity index (χ4v) is 5.80. The van der Waals surface area contributed by atoms with Crippen LogP contribution in [0.5, 0.6) is 0 Å². The zero-order valence-corrected chi connectivity index (χ0v) is 22.1. The summed E-state index contributed by atoms with van der Waals surface area (Å²) in [5, 5.41) is 2.73. The number of nitrogens with two attached hydrogens (primary N) is 1. The molecule has 1 aliphatic carbocycles. The van der Waals surface area contributed by atoms with Crippen molar-refractivity contribution in [3.05, 3.63) is 35.4 Å². The van der Waals surface area contributed by atoms with Crippen molar-refractivity contribution in [2.75, 3.05) is 20.2 Å². The van der Waals surface area contributed by atoms with Crippen molar-refractivity contribution in [3.63, 3.8) is 0 Å². The number of fused-ring (bicyclic) bond motifs is 2. The van der Waals surface area contributed by atoms with E-state index < -0.39 is 41.8 Å². The SMILES string of the molecule is CN(CC(=O)N[C@H]1CCO[C@H]2CC(C3CCc4ccccc4C3)[C@H](C(N)=O)N2C1=O)C(=O)OC(C)(C)C. The van der Waals surface area contributed by atoms with E-state index in [0.29, 0.717) is 6.42 Å². The van der Waals surface area contributed by atoms with E-state index in [1.807, 2.05) is 12.1 Å². The summed E-state index contributed by atoms with van der Waals surface area (Å²) >= 11 is 0. The van der Waals surface area contributed by atoms with Crippen molar-refractivity contribution in [3.8, 4) is 0 Å². The van der Waals surface area contributed by atoms with Crippen LogP contribution in [0.2, 0.25) is 0 Å². The van der Waals surface area contributed by atoms with Gasteiger partial charge in [-0.05, 0) is 69.4 Å². The Morgan fingerprint density at radius 2 is 1.89 bits per heavy atom. The summed E-state index contributed by atoms with van der Waals surface area (Å²) in [5.41, 5.74) is 7.78. The van der Waals surface area contributed by atoms with E-state index in [2.05, 4.69) is 17.4 Å². The zero-order chi connectivity index (χ0) is 26.9. The predicted molar refractivity (Wildman–Crippen MR) is 135 cm³/mol. The molecule has 3 aliphatic rings. The third-order valence-electron chi connectivity index (χ3n) is 7.46. The summed E-state index contributed by atoms with van der Waals surface area (Å²) in [6.07, 6.45) is 2.27. The average Bonchev–Trinajstić information content (AvgIpc) is 3.14. The van der Waals surface area contributed by atoms with Crippen LogP contribution in [0.3, 0.4) is 0 Å². The van der Waals surface area contributed by atoms with Crippen LogP contribution in [-0.4, -0.2) is 77.7 Å². The second kappa shape index (κ2) is 10.7. The lowest BCUT2D eigenvalue weighted by atomic mass is 9.74. The van der Waals surface area contributed by atoms with E-state index in [4.69, 9.17) is 15.2 Å². The molecule has 1 aromatic carbocycles.